The number of nitrogens with one attached hydrogen (secondary N) is 3. The minimum Gasteiger partial charge on any atom is -0.459 e. The van der Waals surface area contributed by atoms with Gasteiger partial charge in [-0.3, -0.25) is 20.4 Å². The molecule has 0 fully saturated rings. The summed E-state index contributed by atoms with van der Waals surface area (Å²) in [6.07, 6.45) is 1.37. The van der Waals surface area contributed by atoms with E-state index in [1.165, 1.54) is 35.4 Å². The molecule has 0 saturated carbocycles. The topological polar surface area (TPSA) is 109 Å². The molecule has 0 spiro atoms. The molecule has 0 saturated heterocycles. The Hall–Kier alpha value is -2.56. The minimum absolute atomic E-state index is 0.0728. The van der Waals surface area contributed by atoms with Crippen LogP contribution in [0.1, 0.15) is 16.1 Å². The van der Waals surface area contributed by atoms with Crippen LogP contribution in [-0.2, 0) is 4.79 Å². The first kappa shape index (κ1) is 19.2. The lowest BCUT2D eigenvalue weighted by atomic mass is 10.2. The fourth-order valence-electron chi connectivity index (χ4n) is 1.87. The maximum atomic E-state index is 11.8. The molecule has 3 aromatic rings. The van der Waals surface area contributed by atoms with Crippen LogP contribution in [0.5, 0.6) is 0 Å². The highest BCUT2D eigenvalue weighted by molar-refractivity contribution is 8.01. The molecule has 0 aliphatic heterocycles. The average molecular weight is 424 g/mol. The number of thioether (sulfide) groups is 1. The van der Waals surface area contributed by atoms with E-state index in [9.17, 15) is 9.59 Å². The Balaban J connectivity index is 1.45. The summed E-state index contributed by atoms with van der Waals surface area (Å²) in [7, 11) is 0. The molecule has 2 amide bonds. The van der Waals surface area contributed by atoms with E-state index in [2.05, 4.69) is 26.4 Å². The van der Waals surface area contributed by atoms with Gasteiger partial charge in [-0.1, -0.05) is 40.8 Å². The van der Waals surface area contributed by atoms with Crippen molar-refractivity contribution in [3.05, 3.63) is 52.9 Å². The third-order valence-corrected chi connectivity index (χ3v) is 5.60. The monoisotopic (exact) mass is 423 g/mol. The second-order valence-corrected chi connectivity index (χ2v) is 7.84. The summed E-state index contributed by atoms with van der Waals surface area (Å²) in [5.41, 5.74) is 6.36. The molecular weight excluding hydrogens is 410 g/mol. The van der Waals surface area contributed by atoms with Gasteiger partial charge in [-0.15, -0.1) is 10.2 Å². The van der Waals surface area contributed by atoms with Crippen molar-refractivity contribution in [2.24, 2.45) is 0 Å². The Morgan fingerprint density at radius 2 is 2.11 bits per heavy atom. The van der Waals surface area contributed by atoms with E-state index in [1.54, 1.807) is 12.1 Å². The maximum absolute atomic E-state index is 11.8. The fraction of sp³-hybridized carbons (Fsp3) is 0.125. The predicted octanol–water partition coefficient (Wildman–Crippen LogP) is 3.39. The van der Waals surface area contributed by atoms with E-state index in [1.807, 2.05) is 19.1 Å². The van der Waals surface area contributed by atoms with Gasteiger partial charge in [-0.05, 0) is 36.8 Å². The fourth-order valence-corrected chi connectivity index (χ4v) is 3.62. The van der Waals surface area contributed by atoms with Gasteiger partial charge in [0.25, 0.3) is 0 Å². The molecule has 0 bridgehead atoms. The van der Waals surface area contributed by atoms with Crippen molar-refractivity contribution < 1.29 is 14.0 Å². The number of nitrogens with zero attached hydrogens (tertiary/aromatic N) is 2. The zero-order valence-corrected chi connectivity index (χ0v) is 16.4. The molecule has 2 aromatic heterocycles. The first-order chi connectivity index (χ1) is 13.0. The van der Waals surface area contributed by atoms with Crippen molar-refractivity contribution in [2.75, 3.05) is 11.1 Å². The van der Waals surface area contributed by atoms with Crippen molar-refractivity contribution in [1.82, 2.24) is 21.0 Å². The van der Waals surface area contributed by atoms with Crippen LogP contribution in [-0.4, -0.2) is 27.8 Å². The largest absolute Gasteiger partial charge is 0.459 e. The van der Waals surface area contributed by atoms with E-state index in [0.29, 0.717) is 14.5 Å². The normalized spacial score (nSPS) is 10.4. The Bertz CT molecular complexity index is 945. The third-order valence-electron chi connectivity index (χ3n) is 3.22. The Morgan fingerprint density at radius 1 is 1.26 bits per heavy atom. The van der Waals surface area contributed by atoms with Crippen LogP contribution < -0.4 is 16.2 Å². The Labute approximate surface area is 167 Å². The molecule has 3 rings (SSSR count). The molecule has 27 heavy (non-hydrogen) atoms. The molecule has 11 heteroatoms. The van der Waals surface area contributed by atoms with Gasteiger partial charge in [0.05, 0.1) is 12.0 Å². The molecule has 140 valence electrons. The smallest absolute Gasteiger partial charge is 0.305 e. The van der Waals surface area contributed by atoms with Crippen LogP contribution in [0.15, 0.2) is 45.4 Å². The number of hydrogen-bond donors (Lipinski definition) is 3. The number of amides is 2. The number of rotatable bonds is 6. The summed E-state index contributed by atoms with van der Waals surface area (Å²) in [6.45, 7) is 1.92. The molecule has 8 nitrogen and oxygen atoms in total. The lowest BCUT2D eigenvalue weighted by Gasteiger charge is -2.04. The van der Waals surface area contributed by atoms with E-state index in [-0.39, 0.29) is 17.4 Å². The van der Waals surface area contributed by atoms with Gasteiger partial charge in [0.15, 0.2) is 10.1 Å². The Morgan fingerprint density at radius 3 is 2.85 bits per heavy atom. The van der Waals surface area contributed by atoms with Crippen molar-refractivity contribution in [2.45, 2.75) is 11.3 Å². The summed E-state index contributed by atoms with van der Waals surface area (Å²) in [6, 6.07) is 8.68. The third kappa shape index (κ3) is 5.46. The minimum atomic E-state index is -0.530. The predicted molar refractivity (Wildman–Crippen MR) is 104 cm³/mol. The van der Waals surface area contributed by atoms with Crippen LogP contribution in [0.2, 0.25) is 5.02 Å². The van der Waals surface area contributed by atoms with Crippen LogP contribution in [0.25, 0.3) is 0 Å². The lowest BCUT2D eigenvalue weighted by Crippen LogP contribution is -2.42. The molecule has 0 atom stereocenters. The first-order valence-electron chi connectivity index (χ1n) is 7.63. The van der Waals surface area contributed by atoms with Gasteiger partial charge in [0.2, 0.25) is 11.0 Å². The van der Waals surface area contributed by atoms with Crippen LogP contribution in [0.4, 0.5) is 10.8 Å². The van der Waals surface area contributed by atoms with Crippen LogP contribution in [0, 0.1) is 6.92 Å². The Kier molecular flexibility index (Phi) is 6.32. The van der Waals surface area contributed by atoms with Crippen LogP contribution >= 0.6 is 34.7 Å². The number of hydrogen-bond acceptors (Lipinski definition) is 8. The molecule has 0 aliphatic rings. The van der Waals surface area contributed by atoms with Crippen molar-refractivity contribution in [3.63, 3.8) is 0 Å². The number of carbonyl (C=O) groups is 2. The summed E-state index contributed by atoms with van der Waals surface area (Å²) in [4.78, 5) is 23.4. The lowest BCUT2D eigenvalue weighted by molar-refractivity contribution is -0.119. The number of aromatic nitrogens is 2. The zero-order valence-electron chi connectivity index (χ0n) is 14.0. The van der Waals surface area contributed by atoms with Gasteiger partial charge in [0, 0.05) is 10.7 Å². The van der Waals surface area contributed by atoms with Crippen LogP contribution in [0.3, 0.4) is 0 Å². The number of aryl methyl sites for hydroxylation is 1. The van der Waals surface area contributed by atoms with E-state index in [0.717, 1.165) is 11.3 Å². The van der Waals surface area contributed by atoms with Crippen molar-refractivity contribution in [1.29, 1.82) is 0 Å². The average Bonchev–Trinajstić information content (AvgIpc) is 3.33. The standard InChI is InChI=1S/C16H14ClN5O3S2/c1-9-4-5-10(7-11(9)17)18-15-21-22-16(27-15)26-8-13(23)19-20-14(24)12-3-2-6-25-12/h2-7H,8H2,1H3,(H,18,21)(H,19,23)(H,20,24). The molecule has 0 radical (unpaired) electrons. The molecule has 0 aliphatic carbocycles. The highest BCUT2D eigenvalue weighted by Gasteiger charge is 2.11. The summed E-state index contributed by atoms with van der Waals surface area (Å²) in [5, 5.41) is 12.4. The summed E-state index contributed by atoms with van der Waals surface area (Å²) in [5.74, 6) is -0.727. The van der Waals surface area contributed by atoms with Gasteiger partial charge >= 0.3 is 5.91 Å². The van der Waals surface area contributed by atoms with E-state index in [4.69, 9.17) is 16.0 Å². The number of furan rings is 1. The highest BCUT2D eigenvalue weighted by atomic mass is 35.5. The van der Waals surface area contributed by atoms with Gasteiger partial charge in [-0.2, -0.15) is 0 Å². The number of carbonyl (C=O) groups excluding carboxylic acids is 2. The second kappa shape index (κ2) is 8.89. The molecular formula is C16H14ClN5O3S2. The number of hydrazine groups is 1. The number of benzene rings is 1. The zero-order chi connectivity index (χ0) is 19.2. The first-order valence-corrected chi connectivity index (χ1v) is 9.81. The number of halogens is 1. The van der Waals surface area contributed by atoms with E-state index >= 15 is 0 Å². The molecule has 1 aromatic carbocycles. The van der Waals surface area contributed by atoms with E-state index < -0.39 is 5.91 Å². The molecule has 3 N–H and O–H groups in total. The van der Waals surface area contributed by atoms with Gasteiger partial charge < -0.3 is 9.73 Å². The maximum Gasteiger partial charge on any atom is 0.305 e. The summed E-state index contributed by atoms with van der Waals surface area (Å²) >= 11 is 8.61. The SMILES string of the molecule is Cc1ccc(Nc2nnc(SCC(=O)NNC(=O)c3ccco3)s2)cc1Cl. The van der Waals surface area contributed by atoms with Gasteiger partial charge in [0.1, 0.15) is 0 Å². The summed E-state index contributed by atoms with van der Waals surface area (Å²) < 4.78 is 5.54. The van der Waals surface area contributed by atoms with Crippen molar-refractivity contribution in [3.8, 4) is 0 Å². The molecule has 2 heterocycles. The van der Waals surface area contributed by atoms with Gasteiger partial charge in [-0.25, -0.2) is 0 Å². The highest BCUT2D eigenvalue weighted by Crippen LogP contribution is 2.29. The number of anilines is 2. The van der Waals surface area contributed by atoms with Crippen molar-refractivity contribution >= 4 is 57.3 Å². The molecule has 0 unspecified atom stereocenters. The second-order valence-electron chi connectivity index (χ2n) is 5.23. The quantitative estimate of drug-likeness (QED) is 0.411.